The Morgan fingerprint density at radius 3 is 2.92 bits per heavy atom. The molecule has 0 radical (unpaired) electrons. The second kappa shape index (κ2) is 8.00. The van der Waals surface area contributed by atoms with E-state index in [-0.39, 0.29) is 24.5 Å². The minimum absolute atomic E-state index is 0.00173. The van der Waals surface area contributed by atoms with Gasteiger partial charge in [0.05, 0.1) is 12.7 Å². The van der Waals surface area contributed by atoms with Gasteiger partial charge >= 0.3 is 5.97 Å². The van der Waals surface area contributed by atoms with Gasteiger partial charge in [-0.1, -0.05) is 29.5 Å². The highest BCUT2D eigenvalue weighted by atomic mass is 19.1. The second-order valence-corrected chi connectivity index (χ2v) is 5.10. The second-order valence-electron chi connectivity index (χ2n) is 5.10. The van der Waals surface area contributed by atoms with Gasteiger partial charge in [-0.25, -0.2) is 13.9 Å². The van der Waals surface area contributed by atoms with Crippen LogP contribution in [0.4, 0.5) is 4.39 Å². The van der Waals surface area contributed by atoms with Crippen molar-refractivity contribution >= 4 is 11.9 Å². The van der Waals surface area contributed by atoms with Crippen molar-refractivity contribution in [1.29, 1.82) is 0 Å². The molecule has 1 unspecified atom stereocenters. The van der Waals surface area contributed by atoms with Crippen molar-refractivity contribution in [3.05, 3.63) is 59.7 Å². The van der Waals surface area contributed by atoms with Crippen molar-refractivity contribution in [2.45, 2.75) is 25.9 Å². The summed E-state index contributed by atoms with van der Waals surface area (Å²) in [6.07, 6.45) is 4.92. The summed E-state index contributed by atoms with van der Waals surface area (Å²) in [6, 6.07) is 4.96. The van der Waals surface area contributed by atoms with Gasteiger partial charge < -0.3 is 10.4 Å². The van der Waals surface area contributed by atoms with Crippen molar-refractivity contribution in [3.8, 4) is 0 Å². The molecule has 0 aliphatic carbocycles. The predicted octanol–water partition coefficient (Wildman–Crippen LogP) is 1.61. The Morgan fingerprint density at radius 2 is 2.25 bits per heavy atom. The van der Waals surface area contributed by atoms with Crippen LogP contribution in [0.3, 0.4) is 0 Å². The third kappa shape index (κ3) is 4.73. The van der Waals surface area contributed by atoms with E-state index in [2.05, 4.69) is 15.6 Å². The summed E-state index contributed by atoms with van der Waals surface area (Å²) in [6.45, 7) is 2.01. The van der Waals surface area contributed by atoms with E-state index in [1.54, 1.807) is 31.2 Å². The molecular formula is C16H17FN4O3. The Morgan fingerprint density at radius 1 is 1.46 bits per heavy atom. The molecule has 2 rings (SSSR count). The number of aromatic nitrogens is 3. The number of aliphatic carboxylic acids is 1. The van der Waals surface area contributed by atoms with E-state index in [1.807, 2.05) is 0 Å². The van der Waals surface area contributed by atoms with E-state index < -0.39 is 17.9 Å². The number of benzene rings is 1. The lowest BCUT2D eigenvalue weighted by Crippen LogP contribution is -2.40. The number of hydrogen-bond donors (Lipinski definition) is 2. The first kappa shape index (κ1) is 17.3. The van der Waals surface area contributed by atoms with Crippen LogP contribution in [0.1, 0.15) is 29.4 Å². The minimum Gasteiger partial charge on any atom is -0.480 e. The molecule has 8 heteroatoms. The Bertz CT molecular complexity index is 757. The summed E-state index contributed by atoms with van der Waals surface area (Å²) in [5.74, 6) is -2.12. The number of carboxylic acids is 1. The number of nitrogens with zero attached hydrogens (tertiary/aromatic N) is 3. The molecule has 1 amide bonds. The van der Waals surface area contributed by atoms with E-state index in [1.165, 1.54) is 23.0 Å². The summed E-state index contributed by atoms with van der Waals surface area (Å²) in [5, 5.41) is 19.0. The van der Waals surface area contributed by atoms with Gasteiger partial charge in [0, 0.05) is 0 Å². The molecule has 7 nitrogen and oxygen atoms in total. The third-order valence-electron chi connectivity index (χ3n) is 3.22. The molecule has 0 saturated heterocycles. The number of nitrogens with one attached hydrogen (secondary N) is 1. The van der Waals surface area contributed by atoms with Crippen molar-refractivity contribution in [3.63, 3.8) is 0 Å². The van der Waals surface area contributed by atoms with Crippen LogP contribution in [0.15, 0.2) is 42.6 Å². The fourth-order valence-electron chi connectivity index (χ4n) is 2.03. The lowest BCUT2D eigenvalue weighted by Gasteiger charge is -2.10. The quantitative estimate of drug-likeness (QED) is 0.751. The summed E-state index contributed by atoms with van der Waals surface area (Å²) < 4.78 is 14.5. The third-order valence-corrected chi connectivity index (χ3v) is 3.22. The van der Waals surface area contributed by atoms with Crippen LogP contribution in [0.25, 0.3) is 0 Å². The highest BCUT2D eigenvalue weighted by Crippen LogP contribution is 2.06. The first-order chi connectivity index (χ1) is 11.5. The number of rotatable bonds is 7. The Labute approximate surface area is 137 Å². The molecule has 0 fully saturated rings. The van der Waals surface area contributed by atoms with Crippen LogP contribution in [0.2, 0.25) is 0 Å². The maximum Gasteiger partial charge on any atom is 0.326 e. The SMILES string of the molecule is C/C=C/CC(NC(=O)c1cn(Cc2cccc(F)c2)nn1)C(=O)O. The number of allylic oxidation sites excluding steroid dienone is 1. The van der Waals surface area contributed by atoms with E-state index in [9.17, 15) is 14.0 Å². The summed E-state index contributed by atoms with van der Waals surface area (Å²) in [5.41, 5.74) is 0.668. The summed E-state index contributed by atoms with van der Waals surface area (Å²) >= 11 is 0. The Hall–Kier alpha value is -3.03. The van der Waals surface area contributed by atoms with Gasteiger partial charge in [0.1, 0.15) is 11.9 Å². The molecule has 0 saturated carbocycles. The largest absolute Gasteiger partial charge is 0.480 e. The molecule has 24 heavy (non-hydrogen) atoms. The van der Waals surface area contributed by atoms with Gasteiger partial charge in [-0.3, -0.25) is 4.79 Å². The highest BCUT2D eigenvalue weighted by molar-refractivity contribution is 5.94. The van der Waals surface area contributed by atoms with Crippen LogP contribution in [0.5, 0.6) is 0 Å². The average molecular weight is 332 g/mol. The number of amides is 1. The zero-order chi connectivity index (χ0) is 17.5. The molecule has 0 spiro atoms. The maximum atomic E-state index is 13.2. The molecule has 1 heterocycles. The molecule has 1 aromatic carbocycles. The normalized spacial score (nSPS) is 12.2. The van der Waals surface area contributed by atoms with Crippen molar-refractivity contribution in [2.75, 3.05) is 0 Å². The van der Waals surface area contributed by atoms with Gasteiger partial charge in [0.2, 0.25) is 0 Å². The van der Waals surface area contributed by atoms with Crippen molar-refractivity contribution in [2.24, 2.45) is 0 Å². The predicted molar refractivity (Wildman–Crippen MR) is 83.8 cm³/mol. The summed E-state index contributed by atoms with van der Waals surface area (Å²) in [7, 11) is 0. The fraction of sp³-hybridized carbons (Fsp3) is 0.250. The molecule has 2 N–H and O–H groups in total. The number of carbonyl (C=O) groups is 2. The zero-order valence-electron chi connectivity index (χ0n) is 13.0. The van der Waals surface area contributed by atoms with E-state index in [0.29, 0.717) is 5.56 Å². The maximum absolute atomic E-state index is 13.2. The van der Waals surface area contributed by atoms with Gasteiger partial charge in [-0.05, 0) is 31.0 Å². The lowest BCUT2D eigenvalue weighted by atomic mass is 10.2. The molecule has 0 aliphatic heterocycles. The molecule has 0 aliphatic rings. The Balaban J connectivity index is 2.03. The van der Waals surface area contributed by atoms with E-state index >= 15 is 0 Å². The number of hydrogen-bond acceptors (Lipinski definition) is 4. The average Bonchev–Trinajstić information content (AvgIpc) is 2.99. The van der Waals surface area contributed by atoms with E-state index in [4.69, 9.17) is 5.11 Å². The minimum atomic E-state index is -1.13. The first-order valence-corrected chi connectivity index (χ1v) is 7.29. The van der Waals surface area contributed by atoms with E-state index in [0.717, 1.165) is 0 Å². The lowest BCUT2D eigenvalue weighted by molar-refractivity contribution is -0.139. The fourth-order valence-corrected chi connectivity index (χ4v) is 2.03. The topological polar surface area (TPSA) is 97.1 Å². The molecule has 126 valence electrons. The van der Waals surface area contributed by atoms with Gasteiger partial charge in [0.15, 0.2) is 5.69 Å². The molecule has 0 bridgehead atoms. The van der Waals surface area contributed by atoms with Crippen LogP contribution < -0.4 is 5.32 Å². The first-order valence-electron chi connectivity index (χ1n) is 7.29. The monoisotopic (exact) mass is 332 g/mol. The number of halogens is 1. The summed E-state index contributed by atoms with van der Waals surface area (Å²) in [4.78, 5) is 23.2. The Kier molecular flexibility index (Phi) is 5.78. The smallest absolute Gasteiger partial charge is 0.326 e. The van der Waals surface area contributed by atoms with Gasteiger partial charge in [-0.15, -0.1) is 5.10 Å². The van der Waals surface area contributed by atoms with Gasteiger partial charge in [0.25, 0.3) is 5.91 Å². The van der Waals surface area contributed by atoms with Crippen LogP contribution in [-0.2, 0) is 11.3 Å². The molecule has 1 aromatic heterocycles. The van der Waals surface area contributed by atoms with Crippen molar-refractivity contribution < 1.29 is 19.1 Å². The number of carbonyl (C=O) groups excluding carboxylic acids is 1. The highest BCUT2D eigenvalue weighted by Gasteiger charge is 2.21. The molecule has 1 atom stereocenters. The zero-order valence-corrected chi connectivity index (χ0v) is 13.0. The standard InChI is InChI=1S/C16H17FN4O3/c1-2-3-7-13(16(23)24)18-15(22)14-10-21(20-19-14)9-11-5-4-6-12(17)8-11/h2-6,8,10,13H,7,9H2,1H3,(H,18,22)(H,23,24)/b3-2+. The molecular weight excluding hydrogens is 315 g/mol. The van der Waals surface area contributed by atoms with Gasteiger partial charge in [-0.2, -0.15) is 0 Å². The van der Waals surface area contributed by atoms with Crippen LogP contribution in [-0.4, -0.2) is 38.0 Å². The van der Waals surface area contributed by atoms with Crippen molar-refractivity contribution in [1.82, 2.24) is 20.3 Å². The molecule has 2 aromatic rings. The van der Waals surface area contributed by atoms with Crippen LogP contribution >= 0.6 is 0 Å². The van der Waals surface area contributed by atoms with Crippen LogP contribution in [0, 0.1) is 5.82 Å². The number of carboxylic acid groups (broad SMARTS) is 1.